The first-order chi connectivity index (χ1) is 24.6. The summed E-state index contributed by atoms with van der Waals surface area (Å²) in [4.78, 5) is 9.52. The second-order valence-corrected chi connectivity index (χ2v) is 14.7. The van der Waals surface area contributed by atoms with Crippen LogP contribution in [0.1, 0.15) is 83.2 Å². The van der Waals surface area contributed by atoms with Crippen molar-refractivity contribution >= 4 is 23.2 Å². The molecule has 0 radical (unpaired) electrons. The van der Waals surface area contributed by atoms with Gasteiger partial charge in [0.05, 0.1) is 11.4 Å². The van der Waals surface area contributed by atoms with Gasteiger partial charge in [0.15, 0.2) is 0 Å². The minimum absolute atomic E-state index is 0.0746. The zero-order valence-corrected chi connectivity index (χ0v) is 29.0. The molecule has 3 atom stereocenters. The van der Waals surface area contributed by atoms with Crippen LogP contribution in [0.2, 0.25) is 0 Å². The van der Waals surface area contributed by atoms with Crippen LogP contribution in [-0.2, 0) is 18.4 Å². The lowest BCUT2D eigenvalue weighted by Crippen LogP contribution is -2.40. The molecule has 1 aliphatic heterocycles. The van der Waals surface area contributed by atoms with E-state index in [1.807, 2.05) is 12.3 Å². The normalized spacial score (nSPS) is 22.0. The second kappa shape index (κ2) is 12.6. The van der Waals surface area contributed by atoms with Gasteiger partial charge in [0.1, 0.15) is 0 Å². The number of rotatable bonds is 6. The van der Waals surface area contributed by atoms with E-state index >= 15 is 0 Å². The van der Waals surface area contributed by atoms with E-state index in [0.29, 0.717) is 11.8 Å². The van der Waals surface area contributed by atoms with Gasteiger partial charge in [-0.3, -0.25) is 9.98 Å². The summed E-state index contributed by atoms with van der Waals surface area (Å²) >= 11 is 0. The first-order valence-corrected chi connectivity index (χ1v) is 18.3. The monoisotopic (exact) mass is 649 g/mol. The van der Waals surface area contributed by atoms with Gasteiger partial charge in [0.2, 0.25) is 0 Å². The molecular weight excluding hydrogens is 607 g/mol. The first kappa shape index (κ1) is 30.8. The molecule has 1 N–H and O–H groups in total. The van der Waals surface area contributed by atoms with E-state index in [0.717, 1.165) is 50.0 Å². The summed E-state index contributed by atoms with van der Waals surface area (Å²) in [7, 11) is 0. The maximum absolute atomic E-state index is 4.82. The Morgan fingerprint density at radius 2 is 1.60 bits per heavy atom. The summed E-state index contributed by atoms with van der Waals surface area (Å²) in [5.74, 6) is 0.682. The Kier molecular flexibility index (Phi) is 7.72. The number of hydrogen-bond acceptors (Lipinski definition) is 3. The van der Waals surface area contributed by atoms with Gasteiger partial charge in [-0.2, -0.15) is 0 Å². The second-order valence-electron chi connectivity index (χ2n) is 14.7. The molecule has 9 rings (SSSR count). The van der Waals surface area contributed by atoms with Crippen molar-refractivity contribution in [2.24, 2.45) is 10.9 Å². The number of nitrogens with zero attached hydrogens (tertiary/aromatic N) is 2. The van der Waals surface area contributed by atoms with Gasteiger partial charge in [-0.1, -0.05) is 122 Å². The quantitative estimate of drug-likeness (QED) is 0.186. The predicted molar refractivity (Wildman–Crippen MR) is 208 cm³/mol. The third kappa shape index (κ3) is 5.19. The maximum atomic E-state index is 4.82. The van der Waals surface area contributed by atoms with Gasteiger partial charge in [-0.25, -0.2) is 0 Å². The molecule has 4 aromatic carbocycles. The summed E-state index contributed by atoms with van der Waals surface area (Å²) in [6, 6.07) is 40.5. The summed E-state index contributed by atoms with van der Waals surface area (Å²) < 4.78 is 0. The van der Waals surface area contributed by atoms with Gasteiger partial charge in [0.25, 0.3) is 0 Å². The minimum atomic E-state index is 0.0746. The van der Waals surface area contributed by atoms with E-state index in [4.69, 9.17) is 9.98 Å². The van der Waals surface area contributed by atoms with Gasteiger partial charge in [0, 0.05) is 47.5 Å². The highest BCUT2D eigenvalue weighted by molar-refractivity contribution is 5.96. The van der Waals surface area contributed by atoms with Crippen LogP contribution >= 0.6 is 0 Å². The van der Waals surface area contributed by atoms with Crippen LogP contribution < -0.4 is 5.32 Å². The van der Waals surface area contributed by atoms with Gasteiger partial charge < -0.3 is 5.32 Å². The van der Waals surface area contributed by atoms with Crippen molar-refractivity contribution in [2.75, 3.05) is 0 Å². The zero-order valence-electron chi connectivity index (χ0n) is 29.0. The van der Waals surface area contributed by atoms with Crippen molar-refractivity contribution in [1.82, 2.24) is 10.3 Å². The Morgan fingerprint density at radius 1 is 0.800 bits per heavy atom. The van der Waals surface area contributed by atoms with Crippen molar-refractivity contribution in [1.29, 1.82) is 0 Å². The number of pyridine rings is 1. The lowest BCUT2D eigenvalue weighted by Gasteiger charge is -2.47. The first-order valence-electron chi connectivity index (χ1n) is 18.3. The number of allylic oxidation sites excluding steroid dienone is 4. The highest BCUT2D eigenvalue weighted by Crippen LogP contribution is 2.55. The van der Waals surface area contributed by atoms with Crippen LogP contribution in [0.3, 0.4) is 0 Å². The van der Waals surface area contributed by atoms with E-state index in [9.17, 15) is 0 Å². The summed E-state index contributed by atoms with van der Waals surface area (Å²) in [5, 5.41) is 3.98. The highest BCUT2D eigenvalue weighted by Gasteiger charge is 2.45. The van der Waals surface area contributed by atoms with Crippen molar-refractivity contribution in [3.05, 3.63) is 178 Å². The molecule has 2 heterocycles. The molecule has 0 saturated carbocycles. The fourth-order valence-electron chi connectivity index (χ4n) is 9.27. The predicted octanol–water partition coefficient (Wildman–Crippen LogP) is 10.9. The van der Waals surface area contributed by atoms with E-state index in [-0.39, 0.29) is 5.41 Å². The Balaban J connectivity index is 0.990. The molecular formula is C47H43N3. The molecule has 1 unspecified atom stereocenters. The molecule has 3 aliphatic carbocycles. The van der Waals surface area contributed by atoms with Crippen LogP contribution in [0.4, 0.5) is 0 Å². The number of aliphatic imine (C=N–C) groups is 1. The largest absolute Gasteiger partial charge is 0.380 e. The third-order valence-corrected chi connectivity index (χ3v) is 11.7. The Bertz CT molecular complexity index is 2200. The number of hydrogen-bond donors (Lipinski definition) is 1. The van der Waals surface area contributed by atoms with Gasteiger partial charge in [-0.05, 0) is 101 Å². The van der Waals surface area contributed by atoms with Crippen LogP contribution in [0, 0.1) is 12.8 Å². The molecule has 50 heavy (non-hydrogen) atoms. The molecule has 5 aromatic rings. The lowest BCUT2D eigenvalue weighted by atomic mass is 9.57. The standard InChI is InChI=1S/C47H43N3/c1-31-11-8-15-39-43(31)47(2)26-7-6-17-41(47)42(36-12-4-3-5-13-36)45(39)50-30-32-18-20-33(21-19-32)34-22-24-35(25-23-34)40-29-37-14-9-27-48-44(37)46-38(40)16-10-28-49-46/h3-6,8-9,11-15,17-25,27-28,40-41,50H,7,10,16,26,29-30H2,1-2H3/t40?,41-,47+/m0/s1. The molecule has 3 heteroatoms. The van der Waals surface area contributed by atoms with Crippen molar-refractivity contribution < 1.29 is 0 Å². The number of aromatic nitrogens is 1. The number of nitrogens with one attached hydrogen (secondary N) is 1. The van der Waals surface area contributed by atoms with Gasteiger partial charge in [-0.15, -0.1) is 0 Å². The van der Waals surface area contributed by atoms with Crippen LogP contribution in [-0.4, -0.2) is 11.2 Å². The molecule has 0 spiro atoms. The summed E-state index contributed by atoms with van der Waals surface area (Å²) in [5.41, 5.74) is 18.4. The Labute approximate surface area is 296 Å². The summed E-state index contributed by atoms with van der Waals surface area (Å²) in [6.45, 7) is 5.55. The summed E-state index contributed by atoms with van der Waals surface area (Å²) in [6.07, 6.45) is 14.2. The fraction of sp³-hybridized carbons (Fsp3) is 0.234. The Morgan fingerprint density at radius 3 is 2.42 bits per heavy atom. The van der Waals surface area contributed by atoms with E-state index in [2.05, 4.69) is 141 Å². The van der Waals surface area contributed by atoms with Crippen molar-refractivity contribution in [3.8, 4) is 11.1 Å². The number of benzene rings is 4. The minimum Gasteiger partial charge on any atom is -0.380 e. The maximum Gasteiger partial charge on any atom is 0.0917 e. The lowest BCUT2D eigenvalue weighted by molar-refractivity contribution is 0.359. The van der Waals surface area contributed by atoms with E-state index in [1.54, 1.807) is 0 Å². The van der Waals surface area contributed by atoms with Crippen molar-refractivity contribution in [2.45, 2.75) is 63.8 Å². The van der Waals surface area contributed by atoms with Crippen LogP contribution in [0.5, 0.6) is 0 Å². The zero-order chi connectivity index (χ0) is 33.7. The van der Waals surface area contributed by atoms with Crippen LogP contribution in [0.15, 0.2) is 138 Å². The molecule has 0 amide bonds. The molecule has 3 nitrogen and oxygen atoms in total. The SMILES string of the molecule is Cc1cccc2c1[C@]1(C)CCC=C[C@H]1C(c1ccccc1)=C2NCc1ccc(-c2ccc(C3Cc4cccnc4C4=C3CCC=N4)cc2)cc1. The topological polar surface area (TPSA) is 37.3 Å². The number of aryl methyl sites for hydroxylation is 1. The average Bonchev–Trinajstić information content (AvgIpc) is 3.17. The average molecular weight is 650 g/mol. The fourth-order valence-corrected chi connectivity index (χ4v) is 9.27. The van der Waals surface area contributed by atoms with Crippen molar-refractivity contribution in [3.63, 3.8) is 0 Å². The van der Waals surface area contributed by atoms with E-state index in [1.165, 1.54) is 66.9 Å². The third-order valence-electron chi connectivity index (χ3n) is 11.7. The van der Waals surface area contributed by atoms with Gasteiger partial charge >= 0.3 is 0 Å². The van der Waals surface area contributed by atoms with Crippen LogP contribution in [0.25, 0.3) is 28.1 Å². The Hall–Kier alpha value is -5.28. The smallest absolute Gasteiger partial charge is 0.0917 e. The molecule has 0 bridgehead atoms. The molecule has 246 valence electrons. The molecule has 4 aliphatic rings. The van der Waals surface area contributed by atoms with E-state index < -0.39 is 0 Å². The molecule has 0 fully saturated rings. The number of fused-ring (bicyclic) bond motifs is 5. The highest BCUT2D eigenvalue weighted by atomic mass is 14.9. The molecule has 0 saturated heterocycles. The molecule has 1 aromatic heterocycles.